The molecule has 0 radical (unpaired) electrons. The molecule has 1 aliphatic heterocycles. The highest BCUT2D eigenvalue weighted by Gasteiger charge is 2.23. The van der Waals surface area contributed by atoms with Crippen LogP contribution in [0.4, 0.5) is 0 Å². The monoisotopic (exact) mass is 186 g/mol. The SMILES string of the molecule is CC(C)CC(N)C(=O)NC1COC1. The van der Waals surface area contributed by atoms with Crippen LogP contribution in [0.2, 0.25) is 0 Å². The van der Waals surface area contributed by atoms with Gasteiger partial charge in [-0.1, -0.05) is 13.8 Å². The fourth-order valence-electron chi connectivity index (χ4n) is 1.24. The van der Waals surface area contributed by atoms with Crippen molar-refractivity contribution in [2.45, 2.75) is 32.4 Å². The summed E-state index contributed by atoms with van der Waals surface area (Å²) in [5.41, 5.74) is 5.69. The van der Waals surface area contributed by atoms with Crippen LogP contribution in [0.3, 0.4) is 0 Å². The maximum Gasteiger partial charge on any atom is 0.237 e. The topological polar surface area (TPSA) is 64.4 Å². The van der Waals surface area contributed by atoms with Gasteiger partial charge in [0.05, 0.1) is 25.3 Å². The second kappa shape index (κ2) is 4.58. The average Bonchev–Trinajstić information content (AvgIpc) is 1.94. The first kappa shape index (κ1) is 10.5. The Kier molecular flexibility index (Phi) is 3.69. The highest BCUT2D eigenvalue weighted by Crippen LogP contribution is 2.04. The van der Waals surface area contributed by atoms with Gasteiger partial charge in [0.25, 0.3) is 0 Å². The van der Waals surface area contributed by atoms with E-state index >= 15 is 0 Å². The molecule has 3 N–H and O–H groups in total. The molecular formula is C9H18N2O2. The van der Waals surface area contributed by atoms with E-state index in [1.807, 2.05) is 0 Å². The fraction of sp³-hybridized carbons (Fsp3) is 0.889. The van der Waals surface area contributed by atoms with E-state index in [4.69, 9.17) is 10.5 Å². The van der Waals surface area contributed by atoms with Crippen LogP contribution in [0.25, 0.3) is 0 Å². The number of carbonyl (C=O) groups excluding carboxylic acids is 1. The van der Waals surface area contributed by atoms with E-state index in [0.29, 0.717) is 19.1 Å². The van der Waals surface area contributed by atoms with Crippen LogP contribution in [0.15, 0.2) is 0 Å². The minimum absolute atomic E-state index is 0.0537. The lowest BCUT2D eigenvalue weighted by atomic mass is 10.0. The third kappa shape index (κ3) is 3.32. The summed E-state index contributed by atoms with van der Waals surface area (Å²) in [5.74, 6) is 0.403. The standard InChI is InChI=1S/C9H18N2O2/c1-6(2)3-8(10)9(12)11-7-4-13-5-7/h6-8H,3-5,10H2,1-2H3,(H,11,12). The molecule has 0 spiro atoms. The number of amides is 1. The van der Waals surface area contributed by atoms with Crippen molar-refractivity contribution in [1.82, 2.24) is 5.32 Å². The Morgan fingerprint density at radius 3 is 2.62 bits per heavy atom. The first-order valence-electron chi connectivity index (χ1n) is 4.73. The van der Waals surface area contributed by atoms with Gasteiger partial charge < -0.3 is 15.8 Å². The lowest BCUT2D eigenvalue weighted by molar-refractivity contribution is -0.126. The van der Waals surface area contributed by atoms with E-state index in [-0.39, 0.29) is 18.0 Å². The van der Waals surface area contributed by atoms with Gasteiger partial charge in [0.15, 0.2) is 0 Å². The zero-order chi connectivity index (χ0) is 9.84. The molecule has 0 aromatic heterocycles. The lowest BCUT2D eigenvalue weighted by Crippen LogP contribution is -2.53. The second-order valence-corrected chi connectivity index (χ2v) is 3.98. The van der Waals surface area contributed by atoms with E-state index < -0.39 is 0 Å². The molecule has 0 aromatic rings. The predicted octanol–water partition coefficient (Wildman–Crippen LogP) is -0.125. The Hall–Kier alpha value is -0.610. The van der Waals surface area contributed by atoms with E-state index in [0.717, 1.165) is 6.42 Å². The maximum atomic E-state index is 11.4. The van der Waals surface area contributed by atoms with Crippen molar-refractivity contribution in [2.75, 3.05) is 13.2 Å². The molecule has 76 valence electrons. The molecule has 0 saturated carbocycles. The molecule has 1 amide bonds. The normalized spacial score (nSPS) is 19.7. The van der Waals surface area contributed by atoms with Gasteiger partial charge in [-0.25, -0.2) is 0 Å². The molecule has 13 heavy (non-hydrogen) atoms. The minimum atomic E-state index is -0.374. The number of ether oxygens (including phenoxy) is 1. The molecule has 1 heterocycles. The number of nitrogens with two attached hydrogens (primary N) is 1. The molecule has 0 bridgehead atoms. The Balaban J connectivity index is 2.20. The summed E-state index contributed by atoms with van der Waals surface area (Å²) in [4.78, 5) is 11.4. The maximum absolute atomic E-state index is 11.4. The Morgan fingerprint density at radius 2 is 2.23 bits per heavy atom. The van der Waals surface area contributed by atoms with Gasteiger partial charge in [0.1, 0.15) is 0 Å². The van der Waals surface area contributed by atoms with Crippen molar-refractivity contribution in [3.63, 3.8) is 0 Å². The number of rotatable bonds is 4. The summed E-state index contributed by atoms with van der Waals surface area (Å²) >= 11 is 0. The molecule has 0 aromatic carbocycles. The Labute approximate surface area is 78.8 Å². The van der Waals surface area contributed by atoms with Crippen LogP contribution in [-0.4, -0.2) is 31.2 Å². The molecule has 1 rings (SSSR count). The minimum Gasteiger partial charge on any atom is -0.377 e. The highest BCUT2D eigenvalue weighted by molar-refractivity contribution is 5.81. The van der Waals surface area contributed by atoms with Crippen molar-refractivity contribution >= 4 is 5.91 Å². The van der Waals surface area contributed by atoms with Gasteiger partial charge in [-0.2, -0.15) is 0 Å². The zero-order valence-electron chi connectivity index (χ0n) is 8.25. The lowest BCUT2D eigenvalue weighted by Gasteiger charge is -2.28. The van der Waals surface area contributed by atoms with Crippen molar-refractivity contribution < 1.29 is 9.53 Å². The van der Waals surface area contributed by atoms with Crippen LogP contribution < -0.4 is 11.1 Å². The third-order valence-electron chi connectivity index (χ3n) is 2.05. The van der Waals surface area contributed by atoms with Crippen LogP contribution in [-0.2, 0) is 9.53 Å². The summed E-state index contributed by atoms with van der Waals surface area (Å²) in [6.45, 7) is 5.36. The molecule has 1 fully saturated rings. The Bertz CT molecular complexity index is 178. The summed E-state index contributed by atoms with van der Waals surface area (Å²) in [6.07, 6.45) is 0.736. The van der Waals surface area contributed by atoms with Crippen LogP contribution in [0.1, 0.15) is 20.3 Å². The molecule has 1 aliphatic rings. The van der Waals surface area contributed by atoms with Crippen molar-refractivity contribution in [3.8, 4) is 0 Å². The van der Waals surface area contributed by atoms with Gasteiger partial charge in [-0.15, -0.1) is 0 Å². The molecule has 4 nitrogen and oxygen atoms in total. The largest absolute Gasteiger partial charge is 0.377 e. The van der Waals surface area contributed by atoms with Crippen LogP contribution in [0.5, 0.6) is 0 Å². The first-order valence-corrected chi connectivity index (χ1v) is 4.73. The second-order valence-electron chi connectivity index (χ2n) is 3.98. The molecule has 0 aliphatic carbocycles. The average molecular weight is 186 g/mol. The third-order valence-corrected chi connectivity index (χ3v) is 2.05. The molecule has 1 unspecified atom stereocenters. The molecule has 1 atom stereocenters. The van der Waals surface area contributed by atoms with E-state index in [1.54, 1.807) is 0 Å². The number of hydrogen-bond acceptors (Lipinski definition) is 3. The zero-order valence-corrected chi connectivity index (χ0v) is 8.25. The van der Waals surface area contributed by atoms with E-state index in [2.05, 4.69) is 19.2 Å². The molecule has 1 saturated heterocycles. The van der Waals surface area contributed by atoms with Gasteiger partial charge >= 0.3 is 0 Å². The predicted molar refractivity (Wildman–Crippen MR) is 50.2 cm³/mol. The highest BCUT2D eigenvalue weighted by atomic mass is 16.5. The fourth-order valence-corrected chi connectivity index (χ4v) is 1.24. The van der Waals surface area contributed by atoms with Gasteiger partial charge in [0.2, 0.25) is 5.91 Å². The van der Waals surface area contributed by atoms with Crippen LogP contribution in [0, 0.1) is 5.92 Å². The van der Waals surface area contributed by atoms with Gasteiger partial charge in [-0.05, 0) is 12.3 Å². The van der Waals surface area contributed by atoms with Gasteiger partial charge in [-0.3, -0.25) is 4.79 Å². The number of hydrogen-bond donors (Lipinski definition) is 2. The van der Waals surface area contributed by atoms with Gasteiger partial charge in [0, 0.05) is 0 Å². The van der Waals surface area contributed by atoms with E-state index in [9.17, 15) is 4.79 Å². The van der Waals surface area contributed by atoms with Crippen molar-refractivity contribution in [2.24, 2.45) is 11.7 Å². The smallest absolute Gasteiger partial charge is 0.237 e. The summed E-state index contributed by atoms with van der Waals surface area (Å²) in [7, 11) is 0. The van der Waals surface area contributed by atoms with Crippen LogP contribution >= 0.6 is 0 Å². The van der Waals surface area contributed by atoms with Crippen molar-refractivity contribution in [3.05, 3.63) is 0 Å². The Morgan fingerprint density at radius 1 is 1.62 bits per heavy atom. The summed E-state index contributed by atoms with van der Waals surface area (Å²) < 4.78 is 4.94. The summed E-state index contributed by atoms with van der Waals surface area (Å²) in [5, 5.41) is 2.83. The summed E-state index contributed by atoms with van der Waals surface area (Å²) in [6, 6.07) is -0.189. The first-order chi connectivity index (χ1) is 6.09. The molecule has 4 heteroatoms. The molecular weight excluding hydrogens is 168 g/mol. The van der Waals surface area contributed by atoms with E-state index in [1.165, 1.54) is 0 Å². The number of nitrogens with one attached hydrogen (secondary N) is 1. The quantitative estimate of drug-likeness (QED) is 0.643. The number of carbonyl (C=O) groups is 1. The van der Waals surface area contributed by atoms with Crippen molar-refractivity contribution in [1.29, 1.82) is 0 Å².